The van der Waals surface area contributed by atoms with Crippen molar-refractivity contribution in [2.75, 3.05) is 9.80 Å². The van der Waals surface area contributed by atoms with E-state index >= 15 is 0 Å². The molecule has 318 valence electrons. The number of para-hydroxylation sites is 6. The highest BCUT2D eigenvalue weighted by molar-refractivity contribution is 6.30. The van der Waals surface area contributed by atoms with Gasteiger partial charge in [-0.1, -0.05) is 194 Å². The Kier molecular flexibility index (Phi) is 8.55. The summed E-state index contributed by atoms with van der Waals surface area (Å²) in [6, 6.07) is 86.9. The fraction of sp³-hybridized carbons (Fsp3) is 0. The third-order valence-corrected chi connectivity index (χ3v) is 13.8. The van der Waals surface area contributed by atoms with Crippen molar-refractivity contribution in [1.82, 2.24) is 0 Å². The number of benzene rings is 12. The van der Waals surface area contributed by atoms with Crippen molar-refractivity contribution >= 4 is 110 Å². The Morgan fingerprint density at radius 2 is 0.676 bits per heavy atom. The molecule has 0 aliphatic carbocycles. The van der Waals surface area contributed by atoms with Crippen LogP contribution in [0.3, 0.4) is 0 Å². The van der Waals surface area contributed by atoms with Crippen molar-refractivity contribution in [3.8, 4) is 22.3 Å². The summed E-state index contributed by atoms with van der Waals surface area (Å²) in [6.07, 6.45) is 0. The molecule has 0 saturated carbocycles. The lowest BCUT2D eigenvalue weighted by Gasteiger charge is -2.31. The smallest absolute Gasteiger partial charge is 0.159 e. The molecule has 0 bridgehead atoms. The number of nitrogens with zero attached hydrogens (tertiary/aromatic N) is 2. The minimum absolute atomic E-state index is 0.844. The second-order valence-electron chi connectivity index (χ2n) is 17.5. The summed E-state index contributed by atoms with van der Waals surface area (Å²) in [5.74, 6) is 0. The fourth-order valence-corrected chi connectivity index (χ4v) is 10.8. The van der Waals surface area contributed by atoms with Crippen LogP contribution < -0.4 is 9.80 Å². The van der Waals surface area contributed by atoms with Crippen molar-refractivity contribution < 1.29 is 8.83 Å². The van der Waals surface area contributed by atoms with Crippen molar-refractivity contribution in [1.29, 1.82) is 0 Å². The molecule has 0 aliphatic heterocycles. The first kappa shape index (κ1) is 38.2. The Labute approximate surface area is 392 Å². The van der Waals surface area contributed by atoms with E-state index in [9.17, 15) is 0 Å². The predicted molar refractivity (Wildman–Crippen MR) is 285 cm³/mol. The fourth-order valence-electron chi connectivity index (χ4n) is 10.8. The van der Waals surface area contributed by atoms with Crippen LogP contribution in [-0.2, 0) is 0 Å². The van der Waals surface area contributed by atoms with Gasteiger partial charge in [0, 0.05) is 43.4 Å². The first-order chi connectivity index (χ1) is 33.8. The van der Waals surface area contributed by atoms with Gasteiger partial charge in [0.15, 0.2) is 11.2 Å². The molecule has 2 aromatic heterocycles. The molecule has 0 saturated heterocycles. The van der Waals surface area contributed by atoms with E-state index in [2.05, 4.69) is 240 Å². The summed E-state index contributed by atoms with van der Waals surface area (Å²) in [5, 5.41) is 11.4. The van der Waals surface area contributed by atoms with Gasteiger partial charge in [-0.2, -0.15) is 0 Å². The molecule has 0 amide bonds. The molecule has 0 fully saturated rings. The molecule has 4 heteroatoms. The Bertz CT molecular complexity index is 4220. The minimum Gasteiger partial charge on any atom is -0.454 e. The van der Waals surface area contributed by atoms with E-state index in [-0.39, 0.29) is 0 Å². The highest BCUT2D eigenvalue weighted by atomic mass is 16.3. The Hall–Kier alpha value is -9.12. The van der Waals surface area contributed by atoms with Gasteiger partial charge in [0.1, 0.15) is 11.2 Å². The summed E-state index contributed by atoms with van der Waals surface area (Å²) in [4.78, 5) is 4.85. The number of rotatable bonds is 8. The van der Waals surface area contributed by atoms with Crippen LogP contribution in [0, 0.1) is 0 Å². The van der Waals surface area contributed by atoms with Crippen molar-refractivity contribution in [3.63, 3.8) is 0 Å². The van der Waals surface area contributed by atoms with Gasteiger partial charge in [0.05, 0.1) is 34.1 Å². The third-order valence-electron chi connectivity index (χ3n) is 13.8. The third kappa shape index (κ3) is 5.81. The van der Waals surface area contributed by atoms with Crippen LogP contribution >= 0.6 is 0 Å². The average molecular weight is 869 g/mol. The molecular weight excluding hydrogens is 829 g/mol. The highest BCUT2D eigenvalue weighted by Gasteiger charge is 2.28. The van der Waals surface area contributed by atoms with E-state index in [1.807, 2.05) is 12.1 Å². The predicted octanol–water partition coefficient (Wildman–Crippen LogP) is 18.7. The second-order valence-corrected chi connectivity index (χ2v) is 17.5. The Balaban J connectivity index is 1.07. The van der Waals surface area contributed by atoms with Gasteiger partial charge in [-0.3, -0.25) is 0 Å². The van der Waals surface area contributed by atoms with Gasteiger partial charge in [-0.05, 0) is 81.2 Å². The molecule has 2 heterocycles. The van der Waals surface area contributed by atoms with Crippen molar-refractivity contribution in [2.24, 2.45) is 0 Å². The molecular formula is C64H40N2O2. The van der Waals surface area contributed by atoms with Crippen LogP contribution in [0.15, 0.2) is 251 Å². The molecule has 12 aromatic carbocycles. The maximum Gasteiger partial charge on any atom is 0.159 e. The zero-order valence-corrected chi connectivity index (χ0v) is 36.8. The molecule has 0 N–H and O–H groups in total. The van der Waals surface area contributed by atoms with Crippen LogP contribution in [0.5, 0.6) is 0 Å². The van der Waals surface area contributed by atoms with E-state index in [1.165, 1.54) is 16.2 Å². The van der Waals surface area contributed by atoms with E-state index < -0.39 is 0 Å². The van der Waals surface area contributed by atoms with E-state index in [0.717, 1.165) is 116 Å². The summed E-state index contributed by atoms with van der Waals surface area (Å²) in [5.41, 5.74) is 14.2. The van der Waals surface area contributed by atoms with Crippen LogP contribution in [0.2, 0.25) is 0 Å². The van der Waals surface area contributed by atoms with Gasteiger partial charge in [-0.15, -0.1) is 0 Å². The lowest BCUT2D eigenvalue weighted by molar-refractivity contribution is 0.669. The highest BCUT2D eigenvalue weighted by Crippen LogP contribution is 2.53. The van der Waals surface area contributed by atoms with Crippen molar-refractivity contribution in [2.45, 2.75) is 0 Å². The van der Waals surface area contributed by atoms with Crippen LogP contribution in [0.4, 0.5) is 34.1 Å². The monoisotopic (exact) mass is 868 g/mol. The molecule has 0 spiro atoms. The standard InChI is InChI=1S/C64H40N2O2/c1-3-18-41(19-4-1)45-23-7-11-30-53(45)65(56-32-16-27-49-47-25-9-13-34-59(47)67-63(49)56)55-39-37-44-40-58(51-29-15-22-43-36-38-52(55)62(44)61(43)51)66(54-31-12-8-24-46(54)42-20-5-2-6-21-42)57-33-17-28-50-48-26-10-14-35-60(48)68-64(50)57/h1-40H. The van der Waals surface area contributed by atoms with Crippen LogP contribution in [0.25, 0.3) is 98.4 Å². The molecule has 0 radical (unpaired) electrons. The summed E-state index contributed by atoms with van der Waals surface area (Å²) in [7, 11) is 0. The number of anilines is 6. The molecule has 14 rings (SSSR count). The Morgan fingerprint density at radius 3 is 1.28 bits per heavy atom. The number of furan rings is 2. The molecule has 68 heavy (non-hydrogen) atoms. The van der Waals surface area contributed by atoms with Gasteiger partial charge in [-0.25, -0.2) is 0 Å². The summed E-state index contributed by atoms with van der Waals surface area (Å²) >= 11 is 0. The number of hydrogen-bond acceptors (Lipinski definition) is 4. The number of hydrogen-bond donors (Lipinski definition) is 0. The number of fused-ring (bicyclic) bond motifs is 6. The molecule has 14 aromatic rings. The SMILES string of the molecule is c1ccc(-c2ccccc2N(c2cc3ccc(N(c4ccccc4-c4ccccc4)c4cccc5c4oc4ccccc45)c4ccc5cccc2c5c34)c2cccc3c2oc2ccccc23)cc1. The zero-order valence-electron chi connectivity index (χ0n) is 36.8. The maximum absolute atomic E-state index is 6.86. The molecule has 0 aliphatic rings. The first-order valence-electron chi connectivity index (χ1n) is 23.2. The minimum atomic E-state index is 0.844. The van der Waals surface area contributed by atoms with E-state index in [1.54, 1.807) is 0 Å². The lowest BCUT2D eigenvalue weighted by atomic mass is 9.90. The average Bonchev–Trinajstić information content (AvgIpc) is 3.99. The van der Waals surface area contributed by atoms with Crippen LogP contribution in [0.1, 0.15) is 0 Å². The normalized spacial score (nSPS) is 11.8. The van der Waals surface area contributed by atoms with Gasteiger partial charge >= 0.3 is 0 Å². The van der Waals surface area contributed by atoms with E-state index in [4.69, 9.17) is 8.83 Å². The van der Waals surface area contributed by atoms with Gasteiger partial charge in [0.2, 0.25) is 0 Å². The lowest BCUT2D eigenvalue weighted by Crippen LogP contribution is -2.13. The summed E-state index contributed by atoms with van der Waals surface area (Å²) in [6.45, 7) is 0. The Morgan fingerprint density at radius 1 is 0.250 bits per heavy atom. The summed E-state index contributed by atoms with van der Waals surface area (Å²) < 4.78 is 13.7. The van der Waals surface area contributed by atoms with Crippen molar-refractivity contribution in [3.05, 3.63) is 243 Å². The van der Waals surface area contributed by atoms with E-state index in [0.29, 0.717) is 0 Å². The second kappa shape index (κ2) is 15.2. The zero-order chi connectivity index (χ0) is 44.7. The molecule has 4 nitrogen and oxygen atoms in total. The molecule has 0 unspecified atom stereocenters. The quantitative estimate of drug-likeness (QED) is 0.142. The maximum atomic E-state index is 6.86. The largest absolute Gasteiger partial charge is 0.454 e. The first-order valence-corrected chi connectivity index (χ1v) is 23.2. The topological polar surface area (TPSA) is 32.8 Å². The van der Waals surface area contributed by atoms with Gasteiger partial charge < -0.3 is 18.6 Å². The van der Waals surface area contributed by atoms with Gasteiger partial charge in [0.25, 0.3) is 0 Å². The molecule has 0 atom stereocenters. The van der Waals surface area contributed by atoms with Crippen LogP contribution in [-0.4, -0.2) is 0 Å².